The molecule has 3 rings (SSSR count). The monoisotopic (exact) mass is 344 g/mol. The van der Waals surface area contributed by atoms with Crippen LogP contribution in [0.25, 0.3) is 11.4 Å². The van der Waals surface area contributed by atoms with Crippen molar-refractivity contribution in [3.05, 3.63) is 36.2 Å². The van der Waals surface area contributed by atoms with Gasteiger partial charge in [-0.1, -0.05) is 42.4 Å². The average molecular weight is 344 g/mol. The Kier molecular flexibility index (Phi) is 5.65. The number of hydrogen-bond acceptors (Lipinski definition) is 5. The van der Waals surface area contributed by atoms with E-state index in [1.807, 2.05) is 37.3 Å². The lowest BCUT2D eigenvalue weighted by molar-refractivity contribution is 0.177. The molecule has 1 heterocycles. The standard InChI is InChI=1S/C18H24N4O3/c1-12(10-19-18(24)20-11-13-7-8-15(23)9-13)17-21-16(22-25-17)14-5-3-2-4-6-14/h2-6,12-13,15,23H,7-11H2,1H3,(H2,19,20,24)/t12-,13+,15+/m1/s1. The van der Waals surface area contributed by atoms with Gasteiger partial charge < -0.3 is 20.3 Å². The van der Waals surface area contributed by atoms with Gasteiger partial charge in [0.1, 0.15) is 0 Å². The molecule has 0 spiro atoms. The van der Waals surface area contributed by atoms with Crippen LogP contribution in [0, 0.1) is 5.92 Å². The first-order valence-corrected chi connectivity index (χ1v) is 8.70. The fourth-order valence-electron chi connectivity index (χ4n) is 3.01. The van der Waals surface area contributed by atoms with Gasteiger partial charge in [-0.25, -0.2) is 4.79 Å². The molecule has 2 amide bonds. The van der Waals surface area contributed by atoms with E-state index in [-0.39, 0.29) is 18.1 Å². The van der Waals surface area contributed by atoms with Gasteiger partial charge in [0.2, 0.25) is 11.7 Å². The van der Waals surface area contributed by atoms with E-state index in [9.17, 15) is 9.90 Å². The first-order chi connectivity index (χ1) is 12.1. The maximum atomic E-state index is 11.9. The lowest BCUT2D eigenvalue weighted by Crippen LogP contribution is -2.39. The molecule has 1 aromatic carbocycles. The number of aliphatic hydroxyl groups excluding tert-OH is 1. The average Bonchev–Trinajstić information content (AvgIpc) is 3.28. The molecule has 0 unspecified atom stereocenters. The van der Waals surface area contributed by atoms with Crippen molar-refractivity contribution in [2.75, 3.05) is 13.1 Å². The van der Waals surface area contributed by atoms with Crippen molar-refractivity contribution in [3.8, 4) is 11.4 Å². The van der Waals surface area contributed by atoms with Gasteiger partial charge >= 0.3 is 6.03 Å². The zero-order valence-electron chi connectivity index (χ0n) is 14.3. The van der Waals surface area contributed by atoms with Gasteiger partial charge in [-0.05, 0) is 25.2 Å². The van der Waals surface area contributed by atoms with Gasteiger partial charge in [0.25, 0.3) is 0 Å². The number of carbonyl (C=O) groups excluding carboxylic acids is 1. The quantitative estimate of drug-likeness (QED) is 0.746. The third kappa shape index (κ3) is 4.79. The molecule has 1 aromatic heterocycles. The van der Waals surface area contributed by atoms with Crippen molar-refractivity contribution >= 4 is 6.03 Å². The van der Waals surface area contributed by atoms with Crippen LogP contribution < -0.4 is 10.6 Å². The summed E-state index contributed by atoms with van der Waals surface area (Å²) >= 11 is 0. The summed E-state index contributed by atoms with van der Waals surface area (Å²) < 4.78 is 5.31. The Hall–Kier alpha value is -2.41. The van der Waals surface area contributed by atoms with Crippen LogP contribution in [0.1, 0.15) is 38.0 Å². The topological polar surface area (TPSA) is 100 Å². The minimum atomic E-state index is -0.216. The van der Waals surface area contributed by atoms with Crippen molar-refractivity contribution < 1.29 is 14.4 Å². The molecule has 3 atom stereocenters. The highest BCUT2D eigenvalue weighted by Crippen LogP contribution is 2.24. The summed E-state index contributed by atoms with van der Waals surface area (Å²) in [5.41, 5.74) is 0.897. The lowest BCUT2D eigenvalue weighted by atomic mass is 10.1. The van der Waals surface area contributed by atoms with Crippen LogP contribution in [-0.4, -0.2) is 40.5 Å². The fourth-order valence-corrected chi connectivity index (χ4v) is 3.01. The molecular weight excluding hydrogens is 320 g/mol. The van der Waals surface area contributed by atoms with Gasteiger partial charge in [-0.2, -0.15) is 4.98 Å². The number of nitrogens with zero attached hydrogens (tertiary/aromatic N) is 2. The van der Waals surface area contributed by atoms with Gasteiger partial charge in [0.05, 0.1) is 12.0 Å². The molecule has 134 valence electrons. The largest absolute Gasteiger partial charge is 0.393 e. The Bertz CT molecular complexity index is 689. The van der Waals surface area contributed by atoms with Crippen molar-refractivity contribution in [2.45, 2.75) is 38.2 Å². The van der Waals surface area contributed by atoms with Crippen LogP contribution in [-0.2, 0) is 0 Å². The Morgan fingerprint density at radius 1 is 1.32 bits per heavy atom. The second-order valence-electron chi connectivity index (χ2n) is 6.65. The zero-order valence-corrected chi connectivity index (χ0v) is 14.3. The molecule has 0 saturated heterocycles. The van der Waals surface area contributed by atoms with E-state index >= 15 is 0 Å². The molecule has 1 saturated carbocycles. The molecular formula is C18H24N4O3. The van der Waals surface area contributed by atoms with Crippen LogP contribution in [0.2, 0.25) is 0 Å². The molecule has 0 aliphatic heterocycles. The molecule has 7 nitrogen and oxygen atoms in total. The number of benzene rings is 1. The molecule has 0 radical (unpaired) electrons. The van der Waals surface area contributed by atoms with Crippen molar-refractivity contribution in [2.24, 2.45) is 5.92 Å². The molecule has 7 heteroatoms. The number of urea groups is 1. The third-order valence-corrected chi connectivity index (χ3v) is 4.53. The molecule has 0 bridgehead atoms. The number of aliphatic hydroxyl groups is 1. The Morgan fingerprint density at radius 2 is 2.12 bits per heavy atom. The molecule has 1 aliphatic rings. The van der Waals surface area contributed by atoms with Crippen molar-refractivity contribution in [1.29, 1.82) is 0 Å². The summed E-state index contributed by atoms with van der Waals surface area (Å²) in [5, 5.41) is 19.2. The van der Waals surface area contributed by atoms with E-state index in [0.717, 1.165) is 24.8 Å². The van der Waals surface area contributed by atoms with E-state index in [1.54, 1.807) is 0 Å². The first kappa shape index (κ1) is 17.4. The second-order valence-corrected chi connectivity index (χ2v) is 6.65. The highest BCUT2D eigenvalue weighted by atomic mass is 16.5. The normalized spacial score (nSPS) is 21.0. The molecule has 2 aromatic rings. The Morgan fingerprint density at radius 3 is 2.84 bits per heavy atom. The van der Waals surface area contributed by atoms with Crippen LogP contribution in [0.4, 0.5) is 4.79 Å². The number of hydrogen-bond donors (Lipinski definition) is 3. The van der Waals surface area contributed by atoms with Crippen LogP contribution >= 0.6 is 0 Å². The van der Waals surface area contributed by atoms with Crippen molar-refractivity contribution in [3.63, 3.8) is 0 Å². The Balaban J connectivity index is 1.44. The predicted molar refractivity (Wildman–Crippen MR) is 92.9 cm³/mol. The highest BCUT2D eigenvalue weighted by molar-refractivity contribution is 5.73. The minimum absolute atomic E-state index is 0.0796. The van der Waals surface area contributed by atoms with Crippen molar-refractivity contribution in [1.82, 2.24) is 20.8 Å². The van der Waals surface area contributed by atoms with Crippen LogP contribution in [0.3, 0.4) is 0 Å². The van der Waals surface area contributed by atoms with Crippen LogP contribution in [0.15, 0.2) is 34.9 Å². The molecule has 1 aliphatic carbocycles. The summed E-state index contributed by atoms with van der Waals surface area (Å²) in [6.07, 6.45) is 2.33. The highest BCUT2D eigenvalue weighted by Gasteiger charge is 2.23. The second kappa shape index (κ2) is 8.11. The van der Waals surface area contributed by atoms with Gasteiger partial charge in [0, 0.05) is 18.7 Å². The van der Waals surface area contributed by atoms with Gasteiger partial charge in [-0.15, -0.1) is 0 Å². The maximum absolute atomic E-state index is 11.9. The zero-order chi connectivity index (χ0) is 17.6. The van der Waals surface area contributed by atoms with E-state index in [4.69, 9.17) is 4.52 Å². The summed E-state index contributed by atoms with van der Waals surface area (Å²) in [6.45, 7) is 2.93. The van der Waals surface area contributed by atoms with E-state index in [2.05, 4.69) is 20.8 Å². The van der Waals surface area contributed by atoms with Crippen LogP contribution in [0.5, 0.6) is 0 Å². The first-order valence-electron chi connectivity index (χ1n) is 8.70. The maximum Gasteiger partial charge on any atom is 0.314 e. The fraction of sp³-hybridized carbons (Fsp3) is 0.500. The molecule has 1 fully saturated rings. The number of nitrogens with one attached hydrogen (secondary N) is 2. The SMILES string of the molecule is C[C@H](CNC(=O)NC[C@H]1CC[C@H](O)C1)c1nc(-c2ccccc2)no1. The van der Waals surface area contributed by atoms with Gasteiger partial charge in [0.15, 0.2) is 0 Å². The summed E-state index contributed by atoms with van der Waals surface area (Å²) in [7, 11) is 0. The lowest BCUT2D eigenvalue weighted by Gasteiger charge is -2.13. The number of carbonyl (C=O) groups is 1. The molecule has 3 N–H and O–H groups in total. The van der Waals surface area contributed by atoms with E-state index in [0.29, 0.717) is 30.7 Å². The predicted octanol–water partition coefficient (Wildman–Crippen LogP) is 2.30. The number of amides is 2. The summed E-state index contributed by atoms with van der Waals surface area (Å²) in [6, 6.07) is 9.40. The Labute approximate surface area is 146 Å². The number of aromatic nitrogens is 2. The third-order valence-electron chi connectivity index (χ3n) is 4.53. The van der Waals surface area contributed by atoms with Gasteiger partial charge in [-0.3, -0.25) is 0 Å². The van der Waals surface area contributed by atoms with E-state index in [1.165, 1.54) is 0 Å². The summed E-state index contributed by atoms with van der Waals surface area (Å²) in [5.74, 6) is 1.33. The molecule has 25 heavy (non-hydrogen) atoms. The number of rotatable bonds is 6. The van der Waals surface area contributed by atoms with E-state index < -0.39 is 0 Å². The summed E-state index contributed by atoms with van der Waals surface area (Å²) in [4.78, 5) is 16.3. The minimum Gasteiger partial charge on any atom is -0.393 e. The smallest absolute Gasteiger partial charge is 0.314 e.